The van der Waals surface area contributed by atoms with Gasteiger partial charge in [-0.05, 0) is 17.2 Å². The predicted molar refractivity (Wildman–Crippen MR) is 79.5 cm³/mol. The van der Waals surface area contributed by atoms with Crippen molar-refractivity contribution in [2.45, 2.75) is 18.2 Å². The van der Waals surface area contributed by atoms with Crippen molar-refractivity contribution in [3.8, 4) is 0 Å². The summed E-state index contributed by atoms with van der Waals surface area (Å²) in [4.78, 5) is 9.66. The first-order valence-corrected chi connectivity index (χ1v) is 8.33. The van der Waals surface area contributed by atoms with Crippen LogP contribution in [0.5, 0.6) is 0 Å². The topological polar surface area (TPSA) is 63.2 Å². The highest BCUT2D eigenvalue weighted by Crippen LogP contribution is 2.32. The van der Waals surface area contributed by atoms with Crippen LogP contribution in [0.1, 0.15) is 18.9 Å². The lowest BCUT2D eigenvalue weighted by molar-refractivity contribution is -0.119. The molecule has 1 unspecified atom stereocenters. The van der Waals surface area contributed by atoms with Gasteiger partial charge in [-0.25, -0.2) is 8.42 Å². The number of halogens is 1. The van der Waals surface area contributed by atoms with Crippen molar-refractivity contribution in [2.24, 2.45) is 0 Å². The second kappa shape index (κ2) is 5.42. The van der Waals surface area contributed by atoms with Crippen molar-refractivity contribution >= 4 is 31.2 Å². The van der Waals surface area contributed by atoms with Crippen LogP contribution in [0.15, 0.2) is 48.6 Å². The van der Waals surface area contributed by atoms with Gasteiger partial charge in [0.15, 0.2) is 4.87 Å². The number of benzene rings is 1. The van der Waals surface area contributed by atoms with Crippen LogP contribution in [-0.4, -0.2) is 19.2 Å². The van der Waals surface area contributed by atoms with Gasteiger partial charge in [-0.2, -0.15) is 0 Å². The molecule has 0 saturated heterocycles. The highest BCUT2D eigenvalue weighted by molar-refractivity contribution is 8.15. The summed E-state index contributed by atoms with van der Waals surface area (Å²) < 4.78 is 23.5. The van der Waals surface area contributed by atoms with E-state index in [1.165, 1.54) is 13.0 Å². The van der Waals surface area contributed by atoms with Gasteiger partial charge in [0.25, 0.3) is 9.05 Å². The van der Waals surface area contributed by atoms with Crippen LogP contribution in [0.3, 0.4) is 0 Å². The second-order valence-electron chi connectivity index (χ2n) is 4.57. The third-order valence-electron chi connectivity index (χ3n) is 3.09. The Balaban J connectivity index is 2.34. The lowest BCUT2D eigenvalue weighted by atomic mass is 9.97. The highest BCUT2D eigenvalue weighted by atomic mass is 35.7. The molecule has 0 bridgehead atoms. The second-order valence-corrected chi connectivity index (χ2v) is 7.39. The van der Waals surface area contributed by atoms with Crippen LogP contribution in [0.2, 0.25) is 0 Å². The minimum atomic E-state index is -3.98. The fourth-order valence-electron chi connectivity index (χ4n) is 2.10. The molecular weight excluding hydrogens is 298 g/mol. The molecule has 0 fully saturated rings. The average Bonchev–Trinajstić information content (AvgIpc) is 2.38. The Hall–Kier alpha value is -1.59. The Morgan fingerprint density at radius 1 is 1.30 bits per heavy atom. The Labute approximate surface area is 122 Å². The molecule has 0 saturated carbocycles. The lowest BCUT2D eigenvalue weighted by Gasteiger charge is -2.29. The molecule has 0 aliphatic heterocycles. The largest absolute Gasteiger partial charge is 0.333 e. The van der Waals surface area contributed by atoms with E-state index in [1.807, 2.05) is 30.3 Å². The molecule has 1 amide bonds. The number of hydrogen-bond donors (Lipinski definition) is 1. The number of rotatable bonds is 3. The minimum Gasteiger partial charge on any atom is -0.333 e. The van der Waals surface area contributed by atoms with Crippen LogP contribution >= 0.6 is 10.7 Å². The molecule has 1 aromatic carbocycles. The summed E-state index contributed by atoms with van der Waals surface area (Å²) in [5.74, 6) is -0.449. The van der Waals surface area contributed by atoms with E-state index in [4.69, 9.17) is 10.7 Å². The maximum absolute atomic E-state index is 11.8. The molecule has 1 aromatic rings. The molecule has 4 nitrogen and oxygen atoms in total. The van der Waals surface area contributed by atoms with E-state index in [0.29, 0.717) is 0 Å². The van der Waals surface area contributed by atoms with E-state index in [2.05, 4.69) is 5.32 Å². The first-order chi connectivity index (χ1) is 9.34. The number of allylic oxidation sites excluding steroid dienone is 2. The zero-order chi connectivity index (χ0) is 14.8. The van der Waals surface area contributed by atoms with Crippen LogP contribution in [0.25, 0.3) is 5.57 Å². The van der Waals surface area contributed by atoms with Crippen molar-refractivity contribution in [2.75, 3.05) is 0 Å². The Morgan fingerprint density at radius 2 is 1.95 bits per heavy atom. The van der Waals surface area contributed by atoms with Gasteiger partial charge in [0.1, 0.15) is 0 Å². The Bertz CT molecular complexity index is 680. The van der Waals surface area contributed by atoms with Gasteiger partial charge in [-0.3, -0.25) is 4.79 Å². The quantitative estimate of drug-likeness (QED) is 0.872. The average molecular weight is 312 g/mol. The van der Waals surface area contributed by atoms with Gasteiger partial charge in [0.2, 0.25) is 5.91 Å². The summed E-state index contributed by atoms with van der Waals surface area (Å²) in [6.45, 7) is 1.26. The van der Waals surface area contributed by atoms with Crippen LogP contribution in [-0.2, 0) is 13.8 Å². The van der Waals surface area contributed by atoms with E-state index >= 15 is 0 Å². The van der Waals surface area contributed by atoms with Gasteiger partial charge in [-0.15, -0.1) is 0 Å². The van der Waals surface area contributed by atoms with Gasteiger partial charge in [0.05, 0.1) is 0 Å². The van der Waals surface area contributed by atoms with Gasteiger partial charge < -0.3 is 5.32 Å². The van der Waals surface area contributed by atoms with E-state index in [1.54, 1.807) is 12.2 Å². The lowest BCUT2D eigenvalue weighted by Crippen LogP contribution is -2.50. The molecule has 106 valence electrons. The molecule has 0 spiro atoms. The van der Waals surface area contributed by atoms with Crippen molar-refractivity contribution < 1.29 is 13.2 Å². The smallest absolute Gasteiger partial charge is 0.260 e. The standard InChI is InChI=1S/C14H14ClNO3S/c1-11(17)16-14(20(15,18)19)9-7-13(8-10-14)12-5-3-2-4-6-12/h2-9H,10H2,1H3,(H,16,17). The summed E-state index contributed by atoms with van der Waals surface area (Å²) >= 11 is 0. The molecule has 0 heterocycles. The van der Waals surface area contributed by atoms with Gasteiger partial charge >= 0.3 is 0 Å². The zero-order valence-corrected chi connectivity index (χ0v) is 12.4. The normalized spacial score (nSPS) is 22.2. The summed E-state index contributed by atoms with van der Waals surface area (Å²) in [5, 5.41) is 2.42. The summed E-state index contributed by atoms with van der Waals surface area (Å²) in [5.41, 5.74) is 1.87. The number of carbonyl (C=O) groups excluding carboxylic acids is 1. The predicted octanol–water partition coefficient (Wildman–Crippen LogP) is 2.43. The first kappa shape index (κ1) is 14.8. The summed E-state index contributed by atoms with van der Waals surface area (Å²) in [6.07, 6.45) is 4.94. The first-order valence-electron chi connectivity index (χ1n) is 6.02. The number of nitrogens with one attached hydrogen (secondary N) is 1. The molecular formula is C14H14ClNO3S. The van der Waals surface area contributed by atoms with Crippen LogP contribution < -0.4 is 5.32 Å². The van der Waals surface area contributed by atoms with Crippen molar-refractivity contribution in [3.63, 3.8) is 0 Å². The summed E-state index contributed by atoms with van der Waals surface area (Å²) in [7, 11) is 1.50. The Morgan fingerprint density at radius 3 is 2.40 bits per heavy atom. The number of hydrogen-bond acceptors (Lipinski definition) is 3. The van der Waals surface area contributed by atoms with Crippen molar-refractivity contribution in [1.29, 1.82) is 0 Å². The van der Waals surface area contributed by atoms with Crippen molar-refractivity contribution in [1.82, 2.24) is 5.32 Å². The van der Waals surface area contributed by atoms with E-state index in [9.17, 15) is 13.2 Å². The molecule has 2 rings (SSSR count). The molecule has 1 atom stereocenters. The number of carbonyl (C=O) groups is 1. The van der Waals surface area contributed by atoms with Gasteiger partial charge in [0, 0.05) is 24.0 Å². The van der Waals surface area contributed by atoms with Crippen LogP contribution in [0.4, 0.5) is 0 Å². The van der Waals surface area contributed by atoms with Crippen LogP contribution in [0, 0.1) is 0 Å². The number of amides is 1. The third kappa shape index (κ3) is 2.94. The molecule has 20 heavy (non-hydrogen) atoms. The molecule has 1 aliphatic rings. The SMILES string of the molecule is CC(=O)NC1(S(=O)(=O)Cl)C=CC(c2ccccc2)=CC1. The fourth-order valence-corrected chi connectivity index (χ4v) is 3.34. The monoisotopic (exact) mass is 311 g/mol. The molecule has 1 aliphatic carbocycles. The molecule has 1 N–H and O–H groups in total. The highest BCUT2D eigenvalue weighted by Gasteiger charge is 2.41. The zero-order valence-electron chi connectivity index (χ0n) is 10.8. The van der Waals surface area contributed by atoms with E-state index < -0.39 is 19.8 Å². The Kier molecular flexibility index (Phi) is 4.01. The molecule has 6 heteroatoms. The third-order valence-corrected chi connectivity index (χ3v) is 5.19. The fraction of sp³-hybridized carbons (Fsp3) is 0.214. The maximum atomic E-state index is 11.8. The van der Waals surface area contributed by atoms with Crippen molar-refractivity contribution in [3.05, 3.63) is 54.1 Å². The minimum absolute atomic E-state index is 0.0964. The molecule has 0 aromatic heterocycles. The summed E-state index contributed by atoms with van der Waals surface area (Å²) in [6, 6.07) is 9.56. The van der Waals surface area contributed by atoms with Gasteiger partial charge in [-0.1, -0.05) is 42.5 Å². The molecule has 0 radical (unpaired) electrons. The van der Waals surface area contributed by atoms with E-state index in [0.717, 1.165) is 11.1 Å². The maximum Gasteiger partial charge on any atom is 0.260 e. The van der Waals surface area contributed by atoms with E-state index in [-0.39, 0.29) is 6.42 Å².